The molecule has 0 saturated carbocycles. The van der Waals surface area contributed by atoms with Gasteiger partial charge in [-0.15, -0.1) is 0 Å². The number of Topliss-reactive ketones (excluding diaryl/α,β-unsaturated/α-hetero) is 2. The van der Waals surface area contributed by atoms with E-state index in [-0.39, 0.29) is 25.0 Å². The molecule has 0 saturated heterocycles. The minimum Gasteiger partial charge on any atom is -0.480 e. The van der Waals surface area contributed by atoms with E-state index in [9.17, 15) is 24.3 Å². The fraction of sp³-hybridized carbons (Fsp3) is 0.692. The Bertz CT molecular complexity index is 398. The number of rotatable bonds is 11. The fourth-order valence-corrected chi connectivity index (χ4v) is 2.20. The first kappa shape index (κ1) is 19.8. The number of thioether (sulfide) groups is 1. The summed E-state index contributed by atoms with van der Waals surface area (Å²) >= 11 is 0.886. The topological polar surface area (TPSA) is 135 Å². The lowest BCUT2D eigenvalue weighted by atomic mass is 10.1. The van der Waals surface area contributed by atoms with Crippen molar-refractivity contribution in [2.24, 2.45) is 5.73 Å². The molecule has 0 aromatic heterocycles. The fourth-order valence-electron chi connectivity index (χ4n) is 1.43. The number of carboxylic acids is 1. The van der Waals surface area contributed by atoms with Crippen molar-refractivity contribution < 1.29 is 29.4 Å². The normalized spacial score (nSPS) is 13.5. The van der Waals surface area contributed by atoms with Crippen molar-refractivity contribution in [2.75, 3.05) is 5.75 Å². The molecular weight excluding hydrogens is 298 g/mol. The van der Waals surface area contributed by atoms with Crippen LogP contribution in [0.5, 0.6) is 0 Å². The van der Waals surface area contributed by atoms with Gasteiger partial charge in [0.15, 0.2) is 0 Å². The Morgan fingerprint density at radius 1 is 1.19 bits per heavy atom. The Kier molecular flexibility index (Phi) is 9.85. The van der Waals surface area contributed by atoms with Crippen molar-refractivity contribution in [2.45, 2.75) is 51.2 Å². The third-order valence-electron chi connectivity index (χ3n) is 2.66. The number of hydrogen-bond donors (Lipinski definition) is 3. The Morgan fingerprint density at radius 3 is 2.33 bits per heavy atom. The Morgan fingerprint density at radius 2 is 1.81 bits per heavy atom. The monoisotopic (exact) mass is 319 g/mol. The largest absolute Gasteiger partial charge is 0.480 e. The van der Waals surface area contributed by atoms with Crippen LogP contribution in [0.2, 0.25) is 0 Å². The molecule has 0 rings (SSSR count). The van der Waals surface area contributed by atoms with Gasteiger partial charge in [-0.3, -0.25) is 14.4 Å². The van der Waals surface area contributed by atoms with Gasteiger partial charge in [0.05, 0.1) is 0 Å². The van der Waals surface area contributed by atoms with Crippen LogP contribution < -0.4 is 5.73 Å². The summed E-state index contributed by atoms with van der Waals surface area (Å²) < 4.78 is 0. The lowest BCUT2D eigenvalue weighted by Gasteiger charge is -2.09. The van der Waals surface area contributed by atoms with Crippen LogP contribution in [-0.4, -0.2) is 50.8 Å². The molecule has 0 spiro atoms. The smallest absolute Gasteiger partial charge is 0.320 e. The first-order valence-corrected chi connectivity index (χ1v) is 7.56. The number of carbonyl (C=O) groups is 4. The molecule has 0 radical (unpaired) electrons. The Labute approximate surface area is 127 Å². The van der Waals surface area contributed by atoms with Crippen molar-refractivity contribution >= 4 is 34.4 Å². The molecule has 21 heavy (non-hydrogen) atoms. The maximum Gasteiger partial charge on any atom is 0.320 e. The Hall–Kier alpha value is -1.25. The van der Waals surface area contributed by atoms with E-state index in [4.69, 9.17) is 10.8 Å². The third-order valence-corrected chi connectivity index (χ3v) is 3.71. The van der Waals surface area contributed by atoms with Crippen molar-refractivity contribution in [1.82, 2.24) is 0 Å². The first-order chi connectivity index (χ1) is 9.73. The van der Waals surface area contributed by atoms with E-state index in [1.54, 1.807) is 0 Å². The van der Waals surface area contributed by atoms with Gasteiger partial charge in [-0.2, -0.15) is 0 Å². The van der Waals surface area contributed by atoms with E-state index in [1.165, 1.54) is 6.92 Å². The van der Waals surface area contributed by atoms with Crippen LogP contribution in [-0.2, 0) is 19.2 Å². The summed E-state index contributed by atoms with van der Waals surface area (Å²) in [6.07, 6.45) is -0.943. The molecule has 7 nitrogen and oxygen atoms in total. The van der Waals surface area contributed by atoms with Gasteiger partial charge in [0.2, 0.25) is 5.12 Å². The van der Waals surface area contributed by atoms with E-state index in [0.29, 0.717) is 18.6 Å². The average Bonchev–Trinajstić information content (AvgIpc) is 2.40. The number of aliphatic hydroxyl groups is 1. The zero-order valence-corrected chi connectivity index (χ0v) is 12.7. The van der Waals surface area contributed by atoms with Gasteiger partial charge < -0.3 is 20.7 Å². The highest BCUT2D eigenvalue weighted by Gasteiger charge is 2.20. The average molecular weight is 319 g/mol. The molecule has 0 aliphatic heterocycles. The van der Waals surface area contributed by atoms with Gasteiger partial charge in [-0.25, -0.2) is 0 Å². The van der Waals surface area contributed by atoms with Crippen molar-refractivity contribution in [3.63, 3.8) is 0 Å². The molecule has 0 fully saturated rings. The van der Waals surface area contributed by atoms with Crippen molar-refractivity contribution in [3.05, 3.63) is 0 Å². The molecule has 0 unspecified atom stereocenters. The number of aliphatic hydroxyl groups excluding tert-OH is 1. The van der Waals surface area contributed by atoms with Gasteiger partial charge in [-0.05, 0) is 19.8 Å². The van der Waals surface area contributed by atoms with Crippen LogP contribution >= 0.6 is 11.8 Å². The molecule has 2 atom stereocenters. The predicted octanol–water partition coefficient (Wildman–Crippen LogP) is 0.128. The second-order valence-electron chi connectivity index (χ2n) is 4.72. The van der Waals surface area contributed by atoms with Crippen LogP contribution in [0.15, 0.2) is 0 Å². The minimum atomic E-state index is -1.40. The summed E-state index contributed by atoms with van der Waals surface area (Å²) in [5, 5.41) is 17.6. The minimum absolute atomic E-state index is 0.0270. The maximum atomic E-state index is 11.5. The predicted molar refractivity (Wildman–Crippen MR) is 77.9 cm³/mol. The maximum absolute atomic E-state index is 11.5. The number of carboxylic acid groups (broad SMARTS) is 1. The molecule has 8 heteroatoms. The Balaban J connectivity index is 3.92. The summed E-state index contributed by atoms with van der Waals surface area (Å²) in [7, 11) is 0. The number of nitrogens with two attached hydrogens (primary N) is 1. The summed E-state index contributed by atoms with van der Waals surface area (Å²) in [4.78, 5) is 44.2. The van der Waals surface area contributed by atoms with Gasteiger partial charge in [-0.1, -0.05) is 11.8 Å². The lowest BCUT2D eigenvalue weighted by molar-refractivity contribution is -0.138. The zero-order chi connectivity index (χ0) is 16.4. The van der Waals surface area contributed by atoms with E-state index < -0.39 is 29.0 Å². The van der Waals surface area contributed by atoms with Crippen LogP contribution in [0.4, 0.5) is 0 Å². The number of aliphatic carboxylic acids is 1. The van der Waals surface area contributed by atoms with Crippen LogP contribution in [0.25, 0.3) is 0 Å². The van der Waals surface area contributed by atoms with E-state index in [1.807, 2.05) is 0 Å². The first-order valence-electron chi connectivity index (χ1n) is 6.58. The van der Waals surface area contributed by atoms with Crippen molar-refractivity contribution in [1.29, 1.82) is 0 Å². The number of hydrogen-bond acceptors (Lipinski definition) is 7. The molecule has 0 bridgehead atoms. The molecule has 0 aromatic carbocycles. The SMILES string of the molecule is CC(=O)CCCSC(=O)[C@@H](O)CC(=O)CC[C@H](N)C(=O)O. The number of carbonyl (C=O) groups excluding carboxylic acids is 3. The summed E-state index contributed by atoms with van der Waals surface area (Å²) in [6, 6.07) is -1.12. The zero-order valence-electron chi connectivity index (χ0n) is 11.9. The summed E-state index contributed by atoms with van der Waals surface area (Å²) in [6.45, 7) is 1.46. The van der Waals surface area contributed by atoms with Crippen LogP contribution in [0, 0.1) is 0 Å². The van der Waals surface area contributed by atoms with E-state index in [0.717, 1.165) is 11.8 Å². The molecule has 0 amide bonds. The van der Waals surface area contributed by atoms with Gasteiger partial charge in [0, 0.05) is 25.0 Å². The quantitative estimate of drug-likeness (QED) is 0.457. The third kappa shape index (κ3) is 10.2. The molecule has 0 aliphatic carbocycles. The molecule has 0 aromatic rings. The molecule has 4 N–H and O–H groups in total. The highest BCUT2D eigenvalue weighted by Crippen LogP contribution is 2.12. The molecular formula is C13H21NO6S. The van der Waals surface area contributed by atoms with Gasteiger partial charge in [0.25, 0.3) is 0 Å². The summed E-state index contributed by atoms with van der Waals surface area (Å²) in [5.41, 5.74) is 5.25. The van der Waals surface area contributed by atoms with Crippen LogP contribution in [0.3, 0.4) is 0 Å². The second kappa shape index (κ2) is 10.5. The molecule has 120 valence electrons. The van der Waals surface area contributed by atoms with Gasteiger partial charge in [0.1, 0.15) is 23.7 Å². The van der Waals surface area contributed by atoms with Crippen molar-refractivity contribution in [3.8, 4) is 0 Å². The molecule has 0 aliphatic rings. The highest BCUT2D eigenvalue weighted by molar-refractivity contribution is 8.13. The van der Waals surface area contributed by atoms with E-state index >= 15 is 0 Å². The molecule has 0 heterocycles. The highest BCUT2D eigenvalue weighted by atomic mass is 32.2. The summed E-state index contributed by atoms with van der Waals surface area (Å²) in [5.74, 6) is -1.15. The lowest BCUT2D eigenvalue weighted by Crippen LogP contribution is -2.31. The standard InChI is InChI=1S/C13H21NO6S/c1-8(15)3-2-6-21-13(20)11(17)7-9(16)4-5-10(14)12(18)19/h10-11,17H,2-7,14H2,1H3,(H,18,19)/t10-,11-/m0/s1. The second-order valence-corrected chi connectivity index (χ2v) is 5.81. The van der Waals surface area contributed by atoms with Gasteiger partial charge >= 0.3 is 5.97 Å². The number of ketones is 2. The van der Waals surface area contributed by atoms with E-state index in [2.05, 4.69) is 0 Å². The van der Waals surface area contributed by atoms with Crippen LogP contribution in [0.1, 0.15) is 39.0 Å².